The lowest BCUT2D eigenvalue weighted by molar-refractivity contribution is -0.184. The summed E-state index contributed by atoms with van der Waals surface area (Å²) >= 11 is 2.77. The van der Waals surface area contributed by atoms with Crippen molar-refractivity contribution in [1.82, 2.24) is 4.90 Å². The van der Waals surface area contributed by atoms with Gasteiger partial charge in [0.1, 0.15) is 11.6 Å². The zero-order chi connectivity index (χ0) is 15.8. The fraction of sp³-hybridized carbons (Fsp3) is 0.462. The van der Waals surface area contributed by atoms with Crippen molar-refractivity contribution in [3.05, 3.63) is 33.8 Å². The number of carbonyl (C=O) groups is 1. The maximum atomic E-state index is 13.7. The first-order valence-electron chi connectivity index (χ1n) is 6.21. The first-order valence-corrected chi connectivity index (χ1v) is 7.00. The number of hydrogen-bond donors (Lipinski definition) is 0. The highest BCUT2D eigenvalue weighted by Crippen LogP contribution is 2.34. The lowest BCUT2D eigenvalue weighted by Crippen LogP contribution is -2.45. The van der Waals surface area contributed by atoms with Gasteiger partial charge in [0.15, 0.2) is 0 Å². The van der Waals surface area contributed by atoms with E-state index >= 15 is 0 Å². The number of amides is 1. The minimum Gasteiger partial charge on any atom is -0.338 e. The number of piperidine rings is 1. The Morgan fingerprint density at radius 2 is 1.86 bits per heavy atom. The highest BCUT2D eigenvalue weighted by molar-refractivity contribution is 9.10. The van der Waals surface area contributed by atoms with E-state index in [0.717, 1.165) is 17.0 Å². The molecule has 0 saturated carbocycles. The summed E-state index contributed by atoms with van der Waals surface area (Å²) in [4.78, 5) is 13.1. The summed E-state index contributed by atoms with van der Waals surface area (Å²) in [7, 11) is 0. The van der Waals surface area contributed by atoms with Gasteiger partial charge in [-0.15, -0.1) is 0 Å². The Bertz CT molecular complexity index is 560. The number of benzene rings is 1. The molecule has 8 heteroatoms. The number of rotatable bonds is 1. The average Bonchev–Trinajstić information content (AvgIpc) is 2.42. The van der Waals surface area contributed by atoms with Crippen LogP contribution in [0.5, 0.6) is 0 Å². The minimum atomic E-state index is -4.41. The predicted molar refractivity (Wildman–Crippen MR) is 68.7 cm³/mol. The SMILES string of the molecule is O=C(c1c(F)ccc(F)c1Br)N1CCCC(C(F)(F)F)C1. The fourth-order valence-corrected chi connectivity index (χ4v) is 2.80. The molecule has 1 amide bonds. The van der Waals surface area contributed by atoms with Gasteiger partial charge in [0, 0.05) is 13.1 Å². The van der Waals surface area contributed by atoms with Crippen LogP contribution in [-0.2, 0) is 0 Å². The number of halogens is 6. The zero-order valence-electron chi connectivity index (χ0n) is 10.7. The number of likely N-dealkylation sites (tertiary alicyclic amines) is 1. The lowest BCUT2D eigenvalue weighted by Gasteiger charge is -2.34. The van der Waals surface area contributed by atoms with E-state index in [4.69, 9.17) is 0 Å². The average molecular weight is 372 g/mol. The third-order valence-corrected chi connectivity index (χ3v) is 4.20. The van der Waals surface area contributed by atoms with E-state index < -0.39 is 41.7 Å². The van der Waals surface area contributed by atoms with Crippen molar-refractivity contribution in [2.45, 2.75) is 19.0 Å². The number of hydrogen-bond acceptors (Lipinski definition) is 1. The van der Waals surface area contributed by atoms with Gasteiger partial charge in [0.05, 0.1) is 16.0 Å². The molecule has 0 aliphatic carbocycles. The van der Waals surface area contributed by atoms with Crippen LogP contribution in [0.25, 0.3) is 0 Å². The van der Waals surface area contributed by atoms with E-state index in [1.54, 1.807) is 0 Å². The van der Waals surface area contributed by atoms with Crippen molar-refractivity contribution >= 4 is 21.8 Å². The molecular formula is C13H11BrF5NO. The molecule has 2 nitrogen and oxygen atoms in total. The van der Waals surface area contributed by atoms with Crippen molar-refractivity contribution in [3.8, 4) is 0 Å². The molecule has 1 aromatic carbocycles. The Balaban J connectivity index is 2.27. The van der Waals surface area contributed by atoms with Crippen LogP contribution in [0.4, 0.5) is 22.0 Å². The Hall–Kier alpha value is -1.18. The largest absolute Gasteiger partial charge is 0.393 e. The van der Waals surface area contributed by atoms with Gasteiger partial charge in [-0.3, -0.25) is 4.79 Å². The van der Waals surface area contributed by atoms with E-state index in [1.165, 1.54) is 0 Å². The molecule has 116 valence electrons. The van der Waals surface area contributed by atoms with E-state index in [9.17, 15) is 26.7 Å². The summed E-state index contributed by atoms with van der Waals surface area (Å²) in [6.45, 7) is -0.446. The summed E-state index contributed by atoms with van der Waals surface area (Å²) in [6.07, 6.45) is -4.30. The third kappa shape index (κ3) is 3.36. The van der Waals surface area contributed by atoms with E-state index in [1.807, 2.05) is 0 Å². The highest BCUT2D eigenvalue weighted by Gasteiger charge is 2.43. The van der Waals surface area contributed by atoms with Gasteiger partial charge in [-0.05, 0) is 40.9 Å². The van der Waals surface area contributed by atoms with Crippen LogP contribution in [0.2, 0.25) is 0 Å². The number of nitrogens with zero attached hydrogens (tertiary/aromatic N) is 1. The molecule has 1 unspecified atom stereocenters. The summed E-state index contributed by atoms with van der Waals surface area (Å²) in [5.41, 5.74) is -0.571. The van der Waals surface area contributed by atoms with Crippen LogP contribution in [-0.4, -0.2) is 30.1 Å². The summed E-state index contributed by atoms with van der Waals surface area (Å²) < 4.78 is 64.9. The number of alkyl halides is 3. The van der Waals surface area contributed by atoms with Crippen LogP contribution >= 0.6 is 15.9 Å². The molecule has 0 spiro atoms. The summed E-state index contributed by atoms with van der Waals surface area (Å²) in [5.74, 6) is -4.38. The monoisotopic (exact) mass is 371 g/mol. The summed E-state index contributed by atoms with van der Waals surface area (Å²) in [6, 6.07) is 1.61. The second kappa shape index (κ2) is 5.90. The molecule has 1 aliphatic rings. The maximum absolute atomic E-state index is 13.7. The fourth-order valence-electron chi connectivity index (χ4n) is 2.31. The Labute approximate surface area is 126 Å². The van der Waals surface area contributed by atoms with Gasteiger partial charge in [0.25, 0.3) is 5.91 Å². The quantitative estimate of drug-likeness (QED) is 0.536. The molecule has 0 radical (unpaired) electrons. The maximum Gasteiger partial charge on any atom is 0.393 e. The first kappa shape index (κ1) is 16.2. The van der Waals surface area contributed by atoms with Gasteiger partial charge in [-0.25, -0.2) is 8.78 Å². The zero-order valence-corrected chi connectivity index (χ0v) is 12.3. The molecule has 0 aromatic heterocycles. The van der Waals surface area contributed by atoms with Crippen molar-refractivity contribution in [2.24, 2.45) is 5.92 Å². The molecule has 1 fully saturated rings. The van der Waals surface area contributed by atoms with Gasteiger partial charge in [0.2, 0.25) is 0 Å². The van der Waals surface area contributed by atoms with Crippen LogP contribution in [0, 0.1) is 17.6 Å². The van der Waals surface area contributed by atoms with Crippen molar-refractivity contribution in [3.63, 3.8) is 0 Å². The second-order valence-corrected chi connectivity index (χ2v) is 5.64. The predicted octanol–water partition coefficient (Wildman–Crippen LogP) is 4.14. The Kier molecular flexibility index (Phi) is 4.55. The normalized spacial score (nSPS) is 19.7. The van der Waals surface area contributed by atoms with Crippen molar-refractivity contribution in [1.29, 1.82) is 0 Å². The molecule has 1 heterocycles. The van der Waals surface area contributed by atoms with E-state index in [2.05, 4.69) is 15.9 Å². The minimum absolute atomic E-state index is 0.0694. The highest BCUT2D eigenvalue weighted by atomic mass is 79.9. The smallest absolute Gasteiger partial charge is 0.338 e. The third-order valence-electron chi connectivity index (χ3n) is 3.43. The molecule has 0 bridgehead atoms. The van der Waals surface area contributed by atoms with Crippen molar-refractivity contribution < 1.29 is 26.7 Å². The Morgan fingerprint density at radius 3 is 2.48 bits per heavy atom. The van der Waals surface area contributed by atoms with Crippen LogP contribution in [0.1, 0.15) is 23.2 Å². The van der Waals surface area contributed by atoms with Gasteiger partial charge >= 0.3 is 6.18 Å². The van der Waals surface area contributed by atoms with Crippen LogP contribution < -0.4 is 0 Å². The van der Waals surface area contributed by atoms with Gasteiger partial charge < -0.3 is 4.90 Å². The topological polar surface area (TPSA) is 20.3 Å². The van der Waals surface area contributed by atoms with Crippen molar-refractivity contribution in [2.75, 3.05) is 13.1 Å². The Morgan fingerprint density at radius 1 is 1.24 bits per heavy atom. The van der Waals surface area contributed by atoms with Gasteiger partial charge in [-0.2, -0.15) is 13.2 Å². The first-order chi connectivity index (χ1) is 9.71. The van der Waals surface area contributed by atoms with Crippen LogP contribution in [0.15, 0.2) is 16.6 Å². The molecule has 1 atom stereocenters. The number of carbonyl (C=O) groups excluding carboxylic acids is 1. The lowest BCUT2D eigenvalue weighted by atomic mass is 9.97. The molecule has 0 N–H and O–H groups in total. The summed E-state index contributed by atoms with van der Waals surface area (Å²) in [5, 5.41) is 0. The molecule has 2 rings (SSSR count). The van der Waals surface area contributed by atoms with Gasteiger partial charge in [-0.1, -0.05) is 0 Å². The molecular weight excluding hydrogens is 361 g/mol. The second-order valence-electron chi connectivity index (χ2n) is 4.85. The van der Waals surface area contributed by atoms with E-state index in [-0.39, 0.29) is 23.9 Å². The van der Waals surface area contributed by atoms with E-state index in [0.29, 0.717) is 0 Å². The molecule has 1 aliphatic heterocycles. The van der Waals surface area contributed by atoms with Crippen LogP contribution in [0.3, 0.4) is 0 Å². The standard InChI is InChI=1S/C13H11BrF5NO/c14-11-9(16)4-3-8(15)10(11)12(21)20-5-1-2-7(6-20)13(17,18)19/h3-4,7H,1-2,5-6H2. The molecule has 1 saturated heterocycles. The molecule has 1 aromatic rings. The molecule has 21 heavy (non-hydrogen) atoms.